The van der Waals surface area contributed by atoms with Crippen LogP contribution in [0.2, 0.25) is 0 Å². The number of pyridine rings is 1. The third-order valence-electron chi connectivity index (χ3n) is 7.11. The number of piperidine rings is 1. The molecule has 1 unspecified atom stereocenters. The Kier molecular flexibility index (Phi) is 10.7. The molecule has 1 atom stereocenters. The predicted octanol–water partition coefficient (Wildman–Crippen LogP) is 6.46. The van der Waals surface area contributed by atoms with E-state index in [9.17, 15) is 27.2 Å². The minimum atomic E-state index is -4.78. The van der Waals surface area contributed by atoms with Crippen LogP contribution in [0.25, 0.3) is 0 Å². The van der Waals surface area contributed by atoms with Crippen molar-refractivity contribution in [3.8, 4) is 5.75 Å². The fourth-order valence-corrected chi connectivity index (χ4v) is 5.71. The Balaban J connectivity index is 1.59. The smallest absolute Gasteiger partial charge is 0.417 e. The van der Waals surface area contributed by atoms with Crippen LogP contribution in [-0.2, 0) is 11.0 Å². The van der Waals surface area contributed by atoms with Crippen molar-refractivity contribution in [2.45, 2.75) is 31.5 Å². The van der Waals surface area contributed by atoms with E-state index in [4.69, 9.17) is 4.74 Å². The molecule has 14 heteroatoms. The summed E-state index contributed by atoms with van der Waals surface area (Å²) in [4.78, 5) is 34.2. The fourth-order valence-electron chi connectivity index (χ4n) is 5.00. The molecule has 0 saturated carbocycles. The van der Waals surface area contributed by atoms with E-state index >= 15 is 0 Å². The van der Waals surface area contributed by atoms with Crippen molar-refractivity contribution in [2.24, 2.45) is 0 Å². The van der Waals surface area contributed by atoms with Gasteiger partial charge in [0, 0.05) is 44.6 Å². The van der Waals surface area contributed by atoms with Crippen molar-refractivity contribution >= 4 is 62.0 Å². The number of carbonyl (C=O) groups is 2. The normalized spacial score (nSPS) is 16.9. The monoisotopic (exact) mass is 777 g/mol. The third kappa shape index (κ3) is 7.69. The molecule has 3 aromatic rings. The first-order chi connectivity index (χ1) is 20.5. The van der Waals surface area contributed by atoms with Gasteiger partial charge in [-0.2, -0.15) is 13.2 Å². The Morgan fingerprint density at radius 1 is 1.21 bits per heavy atom. The number of anilines is 2. The van der Waals surface area contributed by atoms with Crippen LogP contribution < -0.4 is 18.5 Å². The number of nitrogens with zero attached hydrogens (tertiary/aromatic N) is 3. The Morgan fingerprint density at radius 2 is 1.98 bits per heavy atom. The highest BCUT2D eigenvalue weighted by molar-refractivity contribution is 14.1. The summed E-state index contributed by atoms with van der Waals surface area (Å²) in [5.41, 5.74) is -1.58. The average Bonchev–Trinajstić information content (AvgIpc) is 3.00. The van der Waals surface area contributed by atoms with Crippen molar-refractivity contribution < 1.29 is 31.9 Å². The lowest BCUT2D eigenvalue weighted by Gasteiger charge is -2.41. The number of carbonyl (C=O) groups excluding carboxylic acids is 2. The van der Waals surface area contributed by atoms with Crippen LogP contribution in [0.3, 0.4) is 0 Å². The second kappa shape index (κ2) is 14.1. The molecule has 2 heterocycles. The lowest BCUT2D eigenvalue weighted by Crippen LogP contribution is -2.62. The number of amides is 2. The number of likely N-dealkylation sites (N-methyl/N-ethyl adjacent to an activating group) is 1. The number of ether oxygens (including phenoxy) is 1. The fraction of sp³-hybridized carbons (Fsp3) is 0.345. The van der Waals surface area contributed by atoms with Gasteiger partial charge in [0.2, 0.25) is 5.60 Å². The molecule has 0 bridgehead atoms. The van der Waals surface area contributed by atoms with E-state index in [2.05, 4.69) is 34.7 Å². The van der Waals surface area contributed by atoms with Crippen molar-refractivity contribution in [1.29, 1.82) is 0 Å². The molecule has 0 radical (unpaired) electrons. The molecule has 1 aromatic heterocycles. The summed E-state index contributed by atoms with van der Waals surface area (Å²) in [5, 5.41) is 2.89. The molecule has 1 aliphatic rings. The van der Waals surface area contributed by atoms with Gasteiger partial charge in [-0.15, -0.1) is 0 Å². The molecule has 2 amide bonds. The number of rotatable bonds is 10. The molecule has 1 aliphatic heterocycles. The highest BCUT2D eigenvalue weighted by Crippen LogP contribution is 2.35. The SMILES string of the molecule is CCN(CCNC(=O)C1(Oc2ccc(Br)c(F)c2)CCCN(C(=O)c2cnccc2C(F)(F)F)C1)c1ccccc1NI. The standard InChI is InChI=1S/C29H29BrF4IN5O3/c1-2-39(25-7-4-3-6-24(25)38-35)15-13-37-27(42)28(43-19-8-9-22(30)23(31)16-19)11-5-14-40(18-28)26(41)20-17-36-12-10-21(20)29(32,33)34/h3-4,6-10,12,16-17,38H,2,5,11,13-15,18H2,1H3,(H,37,42). The summed E-state index contributed by atoms with van der Waals surface area (Å²) in [6, 6.07) is 12.4. The van der Waals surface area contributed by atoms with Gasteiger partial charge in [0.25, 0.3) is 11.8 Å². The molecule has 4 rings (SSSR count). The molecule has 0 aliphatic carbocycles. The second-order valence-electron chi connectivity index (χ2n) is 9.87. The first kappa shape index (κ1) is 32.8. The van der Waals surface area contributed by atoms with Crippen LogP contribution in [0.1, 0.15) is 35.7 Å². The van der Waals surface area contributed by atoms with Gasteiger partial charge in [-0.25, -0.2) is 4.39 Å². The van der Waals surface area contributed by atoms with Gasteiger partial charge >= 0.3 is 6.18 Å². The molecule has 43 heavy (non-hydrogen) atoms. The van der Waals surface area contributed by atoms with Crippen LogP contribution in [0.15, 0.2) is 65.4 Å². The molecule has 0 spiro atoms. The number of nitrogens with one attached hydrogen (secondary N) is 2. The van der Waals surface area contributed by atoms with E-state index in [0.29, 0.717) is 13.1 Å². The second-order valence-corrected chi connectivity index (χ2v) is 11.3. The maximum absolute atomic E-state index is 14.4. The number of para-hydroxylation sites is 2. The number of hydrogen-bond acceptors (Lipinski definition) is 6. The third-order valence-corrected chi connectivity index (χ3v) is 8.34. The zero-order valence-corrected chi connectivity index (χ0v) is 26.8. The summed E-state index contributed by atoms with van der Waals surface area (Å²) >= 11 is 5.14. The number of benzene rings is 2. The summed E-state index contributed by atoms with van der Waals surface area (Å²) < 4.78 is 64.9. The van der Waals surface area contributed by atoms with E-state index in [1.165, 1.54) is 12.1 Å². The molecular formula is C29H29BrF4IN5O3. The summed E-state index contributed by atoms with van der Waals surface area (Å²) in [6.07, 6.45) is -2.53. The predicted molar refractivity (Wildman–Crippen MR) is 167 cm³/mol. The van der Waals surface area contributed by atoms with Crippen LogP contribution in [0, 0.1) is 5.82 Å². The van der Waals surface area contributed by atoms with Gasteiger partial charge < -0.3 is 23.4 Å². The minimum absolute atomic E-state index is 0.0414. The number of alkyl halides is 3. The van der Waals surface area contributed by atoms with E-state index < -0.39 is 40.5 Å². The van der Waals surface area contributed by atoms with Crippen LogP contribution in [0.5, 0.6) is 5.75 Å². The highest BCUT2D eigenvalue weighted by atomic mass is 127. The van der Waals surface area contributed by atoms with E-state index in [0.717, 1.165) is 40.8 Å². The zero-order valence-electron chi connectivity index (χ0n) is 23.1. The Hall–Kier alpha value is -3.14. The van der Waals surface area contributed by atoms with E-state index in [-0.39, 0.29) is 42.7 Å². The van der Waals surface area contributed by atoms with Crippen LogP contribution >= 0.6 is 38.8 Å². The van der Waals surface area contributed by atoms with E-state index in [1.807, 2.05) is 54.1 Å². The summed E-state index contributed by atoms with van der Waals surface area (Å²) in [7, 11) is 0. The zero-order chi connectivity index (χ0) is 31.2. The van der Waals surface area contributed by atoms with Crippen LogP contribution in [-0.4, -0.2) is 60.0 Å². The van der Waals surface area contributed by atoms with Crippen molar-refractivity contribution in [1.82, 2.24) is 15.2 Å². The van der Waals surface area contributed by atoms with Crippen molar-refractivity contribution in [2.75, 3.05) is 41.2 Å². The molecule has 2 aromatic carbocycles. The van der Waals surface area contributed by atoms with Gasteiger partial charge in [0.1, 0.15) is 11.6 Å². The Labute approximate surface area is 268 Å². The first-order valence-electron chi connectivity index (χ1n) is 13.4. The number of halogens is 6. The quantitative estimate of drug-likeness (QED) is 0.140. The number of likely N-dealkylation sites (tertiary alicyclic amines) is 1. The maximum atomic E-state index is 14.4. The van der Waals surface area contributed by atoms with Gasteiger partial charge in [-0.3, -0.25) is 14.6 Å². The maximum Gasteiger partial charge on any atom is 0.417 e. The van der Waals surface area contributed by atoms with Gasteiger partial charge in [-0.05, 0) is 66.0 Å². The molecule has 1 fully saturated rings. The molecule has 230 valence electrons. The van der Waals surface area contributed by atoms with Gasteiger partial charge in [-0.1, -0.05) is 12.1 Å². The molecule has 8 nitrogen and oxygen atoms in total. The van der Waals surface area contributed by atoms with Crippen molar-refractivity contribution in [3.63, 3.8) is 0 Å². The van der Waals surface area contributed by atoms with Gasteiger partial charge in [0.05, 0.1) is 56.4 Å². The number of aromatic nitrogens is 1. The minimum Gasteiger partial charge on any atom is -0.475 e. The summed E-state index contributed by atoms with van der Waals surface area (Å²) in [6.45, 7) is 3.03. The molecular weight excluding hydrogens is 749 g/mol. The Morgan fingerprint density at radius 3 is 2.67 bits per heavy atom. The molecule has 2 N–H and O–H groups in total. The average molecular weight is 778 g/mol. The number of hydrogen-bond donors (Lipinski definition) is 2. The largest absolute Gasteiger partial charge is 0.475 e. The lowest BCUT2D eigenvalue weighted by molar-refractivity contribution is -0.141. The van der Waals surface area contributed by atoms with Gasteiger partial charge in [0.15, 0.2) is 0 Å². The van der Waals surface area contributed by atoms with Crippen LogP contribution in [0.4, 0.5) is 28.9 Å². The Bertz CT molecular complexity index is 1460. The lowest BCUT2D eigenvalue weighted by atomic mass is 9.90. The topological polar surface area (TPSA) is 86.8 Å². The summed E-state index contributed by atoms with van der Waals surface area (Å²) in [5.74, 6) is -2.07. The van der Waals surface area contributed by atoms with Crippen molar-refractivity contribution in [3.05, 3.63) is 82.3 Å². The highest BCUT2D eigenvalue weighted by Gasteiger charge is 2.47. The van der Waals surface area contributed by atoms with E-state index in [1.54, 1.807) is 0 Å². The molecule has 1 saturated heterocycles. The first-order valence-corrected chi connectivity index (χ1v) is 15.3.